The molecule has 3 heterocycles. The number of rotatable bonds is 5. The second kappa shape index (κ2) is 8.61. The first-order valence-corrected chi connectivity index (χ1v) is 11.9. The lowest BCUT2D eigenvalue weighted by Gasteiger charge is -2.38. The summed E-state index contributed by atoms with van der Waals surface area (Å²) in [4.78, 5) is 32.3. The number of halogens is 1. The molecule has 2 aromatic rings. The van der Waals surface area contributed by atoms with Gasteiger partial charge in [-0.25, -0.2) is 0 Å². The van der Waals surface area contributed by atoms with Crippen molar-refractivity contribution in [3.8, 4) is 5.75 Å². The number of anilines is 1. The predicted molar refractivity (Wildman–Crippen MR) is 127 cm³/mol. The van der Waals surface area contributed by atoms with E-state index in [1.54, 1.807) is 19.4 Å². The molecule has 1 aliphatic carbocycles. The van der Waals surface area contributed by atoms with Gasteiger partial charge in [0, 0.05) is 37.9 Å². The van der Waals surface area contributed by atoms with Crippen molar-refractivity contribution in [3.05, 3.63) is 52.3 Å². The summed E-state index contributed by atoms with van der Waals surface area (Å²) in [5.74, 6) is 1.25. The number of methoxy groups -OCH3 is 1. The zero-order valence-corrected chi connectivity index (χ0v) is 19.7. The van der Waals surface area contributed by atoms with Gasteiger partial charge < -0.3 is 20.3 Å². The first-order chi connectivity index (χ1) is 15.9. The summed E-state index contributed by atoms with van der Waals surface area (Å²) in [7, 11) is 1.65. The summed E-state index contributed by atoms with van der Waals surface area (Å²) in [6.07, 6.45) is 5.26. The zero-order chi connectivity index (χ0) is 23.2. The highest BCUT2D eigenvalue weighted by molar-refractivity contribution is 6.30. The van der Waals surface area contributed by atoms with Crippen LogP contribution in [0.15, 0.2) is 30.5 Å². The van der Waals surface area contributed by atoms with E-state index in [0.29, 0.717) is 41.8 Å². The predicted octanol–water partition coefficient (Wildman–Crippen LogP) is 3.23. The molecule has 2 fully saturated rings. The van der Waals surface area contributed by atoms with Gasteiger partial charge in [0.2, 0.25) is 5.91 Å². The second-order valence-electron chi connectivity index (χ2n) is 9.46. The first kappa shape index (κ1) is 22.2. The van der Waals surface area contributed by atoms with Crippen LogP contribution in [0.3, 0.4) is 0 Å². The Kier molecular flexibility index (Phi) is 5.79. The number of ether oxygens (including phenoxy) is 1. The minimum atomic E-state index is -0.421. The number of pyridine rings is 1. The highest BCUT2D eigenvalue weighted by Crippen LogP contribution is 2.46. The maximum absolute atomic E-state index is 13.4. The molecule has 3 aliphatic rings. The Bertz CT molecular complexity index is 1090. The fourth-order valence-corrected chi connectivity index (χ4v) is 5.55. The summed E-state index contributed by atoms with van der Waals surface area (Å²) in [5.41, 5.74) is 2.87. The number of fused-ring (bicyclic) bond motifs is 2. The van der Waals surface area contributed by atoms with Crippen molar-refractivity contribution in [2.45, 2.75) is 44.1 Å². The minimum absolute atomic E-state index is 0.121. The van der Waals surface area contributed by atoms with Gasteiger partial charge in [-0.1, -0.05) is 17.7 Å². The number of carbonyl (C=O) groups excluding carboxylic acids is 2. The van der Waals surface area contributed by atoms with Crippen LogP contribution in [-0.2, 0) is 10.2 Å². The minimum Gasteiger partial charge on any atom is -0.497 e. The third kappa shape index (κ3) is 3.87. The van der Waals surface area contributed by atoms with Gasteiger partial charge in [-0.05, 0) is 56.2 Å². The molecule has 1 saturated carbocycles. The Morgan fingerprint density at radius 2 is 2.03 bits per heavy atom. The molecule has 1 saturated heterocycles. The summed E-state index contributed by atoms with van der Waals surface area (Å²) in [6, 6.07) is 7.77. The zero-order valence-electron chi connectivity index (χ0n) is 19.0. The summed E-state index contributed by atoms with van der Waals surface area (Å²) in [6.45, 7) is 3.90. The fraction of sp³-hybridized carbons (Fsp3) is 0.480. The standard InChI is InChI=1S/C25H29ClN4O3/c1-15-20(9-17(26)11-28-15)23(31)29-18-5-3-16(4-6-18)12-30-22-10-19(33-2)7-8-21(22)25(24(30)32)13-27-14-25/h7-11,16,18,27H,3-6,12-14H2,1-2H3,(H,29,31). The SMILES string of the molecule is COc1ccc2c(c1)N(CC1CCC(NC(=O)c3cc(Cl)cnc3C)CC1)C(=O)C21CNC1. The summed E-state index contributed by atoms with van der Waals surface area (Å²) in [5, 5.41) is 6.89. The first-order valence-electron chi connectivity index (χ1n) is 11.6. The van der Waals surface area contributed by atoms with Crippen LogP contribution in [0, 0.1) is 12.8 Å². The summed E-state index contributed by atoms with van der Waals surface area (Å²) >= 11 is 6.02. The number of carbonyl (C=O) groups is 2. The fourth-order valence-electron chi connectivity index (χ4n) is 5.40. The van der Waals surface area contributed by atoms with E-state index in [4.69, 9.17) is 16.3 Å². The molecular weight excluding hydrogens is 440 g/mol. The monoisotopic (exact) mass is 468 g/mol. The van der Waals surface area contributed by atoms with Crippen LogP contribution in [0.2, 0.25) is 5.02 Å². The number of amides is 2. The third-order valence-electron chi connectivity index (χ3n) is 7.44. The molecule has 1 aromatic carbocycles. The number of benzene rings is 1. The molecule has 8 heteroatoms. The van der Waals surface area contributed by atoms with Crippen LogP contribution < -0.4 is 20.3 Å². The van der Waals surface area contributed by atoms with E-state index in [1.807, 2.05) is 30.0 Å². The smallest absolute Gasteiger partial charge is 0.253 e. The van der Waals surface area contributed by atoms with Gasteiger partial charge in [0.15, 0.2) is 0 Å². The Morgan fingerprint density at radius 3 is 2.70 bits per heavy atom. The number of nitrogens with zero attached hydrogens (tertiary/aromatic N) is 2. The lowest BCUT2D eigenvalue weighted by atomic mass is 9.76. The molecule has 174 valence electrons. The van der Waals surface area contributed by atoms with Crippen LogP contribution >= 0.6 is 11.6 Å². The molecule has 2 amide bonds. The van der Waals surface area contributed by atoms with Crippen molar-refractivity contribution >= 4 is 29.1 Å². The van der Waals surface area contributed by atoms with E-state index in [2.05, 4.69) is 15.6 Å². The largest absolute Gasteiger partial charge is 0.497 e. The Morgan fingerprint density at radius 1 is 1.27 bits per heavy atom. The van der Waals surface area contributed by atoms with E-state index in [1.165, 1.54) is 0 Å². The molecule has 0 bridgehead atoms. The summed E-state index contributed by atoms with van der Waals surface area (Å²) < 4.78 is 5.43. The Hall–Kier alpha value is -2.64. The molecule has 1 aromatic heterocycles. The number of aryl methyl sites for hydroxylation is 1. The molecule has 0 atom stereocenters. The van der Waals surface area contributed by atoms with Gasteiger partial charge in [0.1, 0.15) is 11.2 Å². The quantitative estimate of drug-likeness (QED) is 0.704. The van der Waals surface area contributed by atoms with Crippen LogP contribution in [0.1, 0.15) is 47.3 Å². The molecule has 2 aliphatic heterocycles. The van der Waals surface area contributed by atoms with Gasteiger partial charge in [-0.2, -0.15) is 0 Å². The number of nitrogens with one attached hydrogen (secondary N) is 2. The van der Waals surface area contributed by atoms with Crippen molar-refractivity contribution in [2.75, 3.05) is 31.6 Å². The van der Waals surface area contributed by atoms with Gasteiger partial charge in [-0.15, -0.1) is 0 Å². The van der Waals surface area contributed by atoms with Crippen LogP contribution in [0.4, 0.5) is 5.69 Å². The van der Waals surface area contributed by atoms with Crippen molar-refractivity contribution in [3.63, 3.8) is 0 Å². The van der Waals surface area contributed by atoms with Gasteiger partial charge in [-0.3, -0.25) is 14.6 Å². The van der Waals surface area contributed by atoms with E-state index in [-0.39, 0.29) is 17.9 Å². The molecule has 2 N–H and O–H groups in total. The molecule has 0 unspecified atom stereocenters. The van der Waals surface area contributed by atoms with E-state index in [0.717, 1.165) is 42.7 Å². The van der Waals surface area contributed by atoms with Crippen LogP contribution in [0.5, 0.6) is 5.75 Å². The van der Waals surface area contributed by atoms with Gasteiger partial charge >= 0.3 is 0 Å². The third-order valence-corrected chi connectivity index (χ3v) is 7.65. The van der Waals surface area contributed by atoms with Crippen LogP contribution in [-0.4, -0.2) is 49.6 Å². The van der Waals surface area contributed by atoms with Crippen molar-refractivity contribution < 1.29 is 14.3 Å². The van der Waals surface area contributed by atoms with Crippen molar-refractivity contribution in [1.29, 1.82) is 0 Å². The lowest BCUT2D eigenvalue weighted by molar-refractivity contribution is -0.125. The average Bonchev–Trinajstić information content (AvgIpc) is 3.04. The molecule has 0 radical (unpaired) electrons. The number of aromatic nitrogens is 1. The maximum atomic E-state index is 13.4. The molecular formula is C25H29ClN4O3. The number of hydrogen-bond acceptors (Lipinski definition) is 5. The molecule has 5 rings (SSSR count). The molecule has 33 heavy (non-hydrogen) atoms. The van der Waals surface area contributed by atoms with Crippen LogP contribution in [0.25, 0.3) is 0 Å². The highest BCUT2D eigenvalue weighted by Gasteiger charge is 2.55. The van der Waals surface area contributed by atoms with Gasteiger partial charge in [0.05, 0.1) is 29.1 Å². The molecule has 7 nitrogen and oxygen atoms in total. The van der Waals surface area contributed by atoms with Crippen molar-refractivity contribution in [2.24, 2.45) is 5.92 Å². The normalized spacial score (nSPS) is 23.2. The Balaban J connectivity index is 1.23. The lowest BCUT2D eigenvalue weighted by Crippen LogP contribution is -2.62. The van der Waals surface area contributed by atoms with E-state index >= 15 is 0 Å². The molecule has 1 spiro atoms. The highest BCUT2D eigenvalue weighted by atomic mass is 35.5. The average molecular weight is 469 g/mol. The van der Waals surface area contributed by atoms with E-state index < -0.39 is 5.41 Å². The van der Waals surface area contributed by atoms with E-state index in [9.17, 15) is 9.59 Å². The number of hydrogen-bond donors (Lipinski definition) is 2. The topological polar surface area (TPSA) is 83.6 Å². The maximum Gasteiger partial charge on any atom is 0.253 e. The van der Waals surface area contributed by atoms with Crippen molar-refractivity contribution in [1.82, 2.24) is 15.6 Å². The Labute approximate surface area is 198 Å². The second-order valence-corrected chi connectivity index (χ2v) is 9.90. The van der Waals surface area contributed by atoms with Gasteiger partial charge in [0.25, 0.3) is 5.91 Å².